The number of likely N-dealkylation sites (tertiary alicyclic amines) is 1. The summed E-state index contributed by atoms with van der Waals surface area (Å²) >= 11 is 4.90. The quantitative estimate of drug-likeness (QED) is 0.865. The van der Waals surface area contributed by atoms with Crippen LogP contribution in [0.4, 0.5) is 4.39 Å². The second-order valence-electron chi connectivity index (χ2n) is 6.40. The van der Waals surface area contributed by atoms with Gasteiger partial charge in [0.25, 0.3) is 0 Å². The van der Waals surface area contributed by atoms with E-state index in [0.29, 0.717) is 18.2 Å². The number of nitrogens with two attached hydrogens (primary N) is 1. The molecule has 0 amide bonds. The van der Waals surface area contributed by atoms with Gasteiger partial charge in [0.1, 0.15) is 10.8 Å². The van der Waals surface area contributed by atoms with Crippen LogP contribution in [0.3, 0.4) is 0 Å². The SMILES string of the molecule is NC(=S)c1ccc(CN2CCCC3CCCCC32)c(F)c1. The van der Waals surface area contributed by atoms with Gasteiger partial charge in [-0.1, -0.05) is 37.2 Å². The van der Waals surface area contributed by atoms with Crippen molar-refractivity contribution >= 4 is 17.2 Å². The van der Waals surface area contributed by atoms with Crippen LogP contribution in [0.1, 0.15) is 49.7 Å². The van der Waals surface area contributed by atoms with E-state index in [9.17, 15) is 4.39 Å². The maximum Gasteiger partial charge on any atom is 0.128 e. The van der Waals surface area contributed by atoms with Crippen molar-refractivity contribution in [3.05, 3.63) is 35.1 Å². The van der Waals surface area contributed by atoms with Crippen molar-refractivity contribution in [2.45, 2.75) is 51.1 Å². The smallest absolute Gasteiger partial charge is 0.128 e. The molecule has 3 rings (SSSR count). The molecule has 2 N–H and O–H groups in total. The van der Waals surface area contributed by atoms with Gasteiger partial charge in [-0.05, 0) is 44.2 Å². The summed E-state index contributed by atoms with van der Waals surface area (Å²) < 4.78 is 14.2. The highest BCUT2D eigenvalue weighted by Crippen LogP contribution is 2.36. The van der Waals surface area contributed by atoms with E-state index in [1.165, 1.54) is 44.6 Å². The molecule has 2 aliphatic rings. The first-order valence-corrected chi connectivity index (χ1v) is 8.38. The van der Waals surface area contributed by atoms with Crippen LogP contribution in [0.15, 0.2) is 18.2 Å². The fraction of sp³-hybridized carbons (Fsp3) is 0.588. The van der Waals surface area contributed by atoms with Crippen molar-refractivity contribution in [2.24, 2.45) is 11.7 Å². The van der Waals surface area contributed by atoms with Gasteiger partial charge in [-0.3, -0.25) is 4.90 Å². The van der Waals surface area contributed by atoms with Crippen molar-refractivity contribution in [2.75, 3.05) is 6.54 Å². The van der Waals surface area contributed by atoms with E-state index < -0.39 is 0 Å². The number of hydrogen-bond acceptors (Lipinski definition) is 2. The van der Waals surface area contributed by atoms with Gasteiger partial charge in [-0.25, -0.2) is 4.39 Å². The Hall–Kier alpha value is -1.00. The second kappa shape index (κ2) is 6.41. The van der Waals surface area contributed by atoms with E-state index in [4.69, 9.17) is 18.0 Å². The summed E-state index contributed by atoms with van der Waals surface area (Å²) in [6.45, 7) is 1.81. The number of rotatable bonds is 3. The zero-order valence-electron chi connectivity index (χ0n) is 12.4. The zero-order valence-corrected chi connectivity index (χ0v) is 13.2. The maximum absolute atomic E-state index is 14.2. The number of nitrogens with zero attached hydrogens (tertiary/aromatic N) is 1. The Morgan fingerprint density at radius 1 is 1.24 bits per heavy atom. The van der Waals surface area contributed by atoms with E-state index in [-0.39, 0.29) is 10.8 Å². The van der Waals surface area contributed by atoms with E-state index in [2.05, 4.69) is 4.90 Å². The molecule has 4 heteroatoms. The molecule has 1 aromatic carbocycles. The Morgan fingerprint density at radius 2 is 2.00 bits per heavy atom. The topological polar surface area (TPSA) is 29.3 Å². The lowest BCUT2D eigenvalue weighted by atomic mass is 9.78. The molecule has 21 heavy (non-hydrogen) atoms. The average Bonchev–Trinajstić information content (AvgIpc) is 2.49. The van der Waals surface area contributed by atoms with Crippen LogP contribution in [0.25, 0.3) is 0 Å². The van der Waals surface area contributed by atoms with Crippen LogP contribution in [0, 0.1) is 11.7 Å². The molecular formula is C17H23FN2S. The first-order chi connectivity index (χ1) is 10.1. The Kier molecular flexibility index (Phi) is 4.55. The lowest BCUT2D eigenvalue weighted by molar-refractivity contribution is 0.0539. The van der Waals surface area contributed by atoms with Crippen LogP contribution in [0.2, 0.25) is 0 Å². The minimum atomic E-state index is -0.182. The van der Waals surface area contributed by atoms with Crippen molar-refractivity contribution in [3.8, 4) is 0 Å². The van der Waals surface area contributed by atoms with Gasteiger partial charge in [0.2, 0.25) is 0 Å². The van der Waals surface area contributed by atoms with Crippen LogP contribution in [-0.2, 0) is 6.54 Å². The number of thiocarbonyl (C=S) groups is 1. The normalized spacial score (nSPS) is 26.3. The monoisotopic (exact) mass is 306 g/mol. The number of piperidine rings is 1. The van der Waals surface area contributed by atoms with E-state index >= 15 is 0 Å². The maximum atomic E-state index is 14.2. The molecule has 2 unspecified atom stereocenters. The van der Waals surface area contributed by atoms with Gasteiger partial charge in [-0.15, -0.1) is 0 Å². The van der Waals surface area contributed by atoms with Gasteiger partial charge in [0.05, 0.1) is 0 Å². The summed E-state index contributed by atoms with van der Waals surface area (Å²) in [4.78, 5) is 2.75. The molecule has 0 bridgehead atoms. The molecule has 114 valence electrons. The molecule has 1 saturated heterocycles. The van der Waals surface area contributed by atoms with Crippen molar-refractivity contribution in [1.29, 1.82) is 0 Å². The van der Waals surface area contributed by atoms with E-state index in [1.807, 2.05) is 12.1 Å². The Balaban J connectivity index is 1.74. The summed E-state index contributed by atoms with van der Waals surface area (Å²) in [6, 6.07) is 5.81. The van der Waals surface area contributed by atoms with Gasteiger partial charge < -0.3 is 5.73 Å². The minimum absolute atomic E-state index is 0.182. The third-order valence-corrected chi connectivity index (χ3v) is 5.30. The van der Waals surface area contributed by atoms with Crippen LogP contribution in [0.5, 0.6) is 0 Å². The first-order valence-electron chi connectivity index (χ1n) is 7.97. The molecule has 1 aliphatic heterocycles. The molecule has 1 heterocycles. The van der Waals surface area contributed by atoms with Crippen LogP contribution >= 0.6 is 12.2 Å². The van der Waals surface area contributed by atoms with Crippen LogP contribution in [-0.4, -0.2) is 22.5 Å². The van der Waals surface area contributed by atoms with Crippen LogP contribution < -0.4 is 5.73 Å². The summed E-state index contributed by atoms with van der Waals surface area (Å²) in [5.74, 6) is 0.643. The largest absolute Gasteiger partial charge is 0.389 e. The molecule has 2 fully saturated rings. The molecule has 2 nitrogen and oxygen atoms in total. The number of fused-ring (bicyclic) bond motifs is 1. The molecule has 1 aliphatic carbocycles. The predicted molar refractivity (Wildman–Crippen MR) is 87.7 cm³/mol. The highest BCUT2D eigenvalue weighted by molar-refractivity contribution is 7.80. The van der Waals surface area contributed by atoms with Gasteiger partial charge in [0.15, 0.2) is 0 Å². The molecular weight excluding hydrogens is 283 g/mol. The second-order valence-corrected chi connectivity index (χ2v) is 6.83. The fourth-order valence-corrected chi connectivity index (χ4v) is 4.10. The minimum Gasteiger partial charge on any atom is -0.389 e. The number of halogens is 1. The van der Waals surface area contributed by atoms with Gasteiger partial charge >= 0.3 is 0 Å². The molecule has 0 spiro atoms. The third kappa shape index (κ3) is 3.27. The Bertz CT molecular complexity index is 530. The predicted octanol–water partition coefficient (Wildman–Crippen LogP) is 3.61. The molecule has 1 aromatic rings. The molecule has 1 saturated carbocycles. The summed E-state index contributed by atoms with van der Waals surface area (Å²) in [5.41, 5.74) is 6.94. The highest BCUT2D eigenvalue weighted by atomic mass is 32.1. The fourth-order valence-electron chi connectivity index (χ4n) is 3.97. The van der Waals surface area contributed by atoms with E-state index in [1.54, 1.807) is 0 Å². The number of hydrogen-bond donors (Lipinski definition) is 1. The lowest BCUT2D eigenvalue weighted by Crippen LogP contribution is -2.46. The third-order valence-electron chi connectivity index (χ3n) is 5.07. The van der Waals surface area contributed by atoms with Crippen molar-refractivity contribution in [3.63, 3.8) is 0 Å². The van der Waals surface area contributed by atoms with Crippen molar-refractivity contribution in [1.82, 2.24) is 4.90 Å². The number of benzene rings is 1. The molecule has 0 radical (unpaired) electrons. The lowest BCUT2D eigenvalue weighted by Gasteiger charge is -2.44. The summed E-state index contributed by atoms with van der Waals surface area (Å²) in [5, 5.41) is 0. The summed E-state index contributed by atoms with van der Waals surface area (Å²) in [6.07, 6.45) is 7.91. The van der Waals surface area contributed by atoms with Gasteiger partial charge in [0, 0.05) is 23.7 Å². The highest BCUT2D eigenvalue weighted by Gasteiger charge is 2.33. The van der Waals surface area contributed by atoms with E-state index in [0.717, 1.165) is 18.0 Å². The molecule has 2 atom stereocenters. The zero-order chi connectivity index (χ0) is 14.8. The average molecular weight is 306 g/mol. The Labute approximate surface area is 131 Å². The van der Waals surface area contributed by atoms with Crippen molar-refractivity contribution < 1.29 is 4.39 Å². The summed E-state index contributed by atoms with van der Waals surface area (Å²) in [7, 11) is 0. The Morgan fingerprint density at radius 3 is 2.76 bits per heavy atom. The standard InChI is InChI=1S/C17H23FN2S/c18-15-10-13(17(19)21)7-8-14(15)11-20-9-3-5-12-4-1-2-6-16(12)20/h7-8,10,12,16H,1-6,9,11H2,(H2,19,21). The van der Waals surface area contributed by atoms with Gasteiger partial charge in [-0.2, -0.15) is 0 Å². The molecule has 0 aromatic heterocycles. The first kappa shape index (κ1) is 14.9.